The molecule has 0 aliphatic heterocycles. The Balaban J connectivity index is 3.34. The Morgan fingerprint density at radius 2 is 1.61 bits per heavy atom. The summed E-state index contributed by atoms with van der Waals surface area (Å²) in [7, 11) is 3.49. The molecule has 0 rings (SSSR count). The van der Waals surface area contributed by atoms with Gasteiger partial charge in [0.1, 0.15) is 0 Å². The van der Waals surface area contributed by atoms with Crippen LogP contribution >= 0.6 is 0 Å². The van der Waals surface area contributed by atoms with Gasteiger partial charge in [-0.2, -0.15) is 0 Å². The molecule has 2 amide bonds. The molecule has 0 fully saturated rings. The van der Waals surface area contributed by atoms with Crippen LogP contribution in [0.3, 0.4) is 0 Å². The minimum atomic E-state index is 0.115. The molecule has 0 radical (unpaired) electrons. The Morgan fingerprint density at radius 1 is 0.944 bits per heavy atom. The Hall–Kier alpha value is -1.06. The highest BCUT2D eigenvalue weighted by molar-refractivity contribution is 5.76. The van der Waals surface area contributed by atoms with E-state index in [0.717, 1.165) is 19.3 Å². The van der Waals surface area contributed by atoms with Crippen LogP contribution < -0.4 is 5.32 Å². The molecule has 0 aromatic carbocycles. The molecular formula is C14H28N2O2. The van der Waals surface area contributed by atoms with Crippen LogP contribution in [0.25, 0.3) is 0 Å². The van der Waals surface area contributed by atoms with E-state index in [4.69, 9.17) is 0 Å². The average molecular weight is 256 g/mol. The Kier molecular flexibility index (Phi) is 10.4. The van der Waals surface area contributed by atoms with Crippen molar-refractivity contribution in [3.05, 3.63) is 0 Å². The fourth-order valence-corrected chi connectivity index (χ4v) is 1.67. The first-order valence-electron chi connectivity index (χ1n) is 7.04. The number of nitrogens with one attached hydrogen (secondary N) is 1. The summed E-state index contributed by atoms with van der Waals surface area (Å²) in [6.45, 7) is 2.79. The van der Waals surface area contributed by atoms with Crippen molar-refractivity contribution in [3.8, 4) is 0 Å². The maximum absolute atomic E-state index is 11.4. The quantitative estimate of drug-likeness (QED) is 0.610. The van der Waals surface area contributed by atoms with E-state index >= 15 is 0 Å². The molecule has 0 bridgehead atoms. The zero-order valence-electron chi connectivity index (χ0n) is 12.1. The van der Waals surface area contributed by atoms with Crippen molar-refractivity contribution in [1.29, 1.82) is 0 Å². The van der Waals surface area contributed by atoms with Crippen molar-refractivity contribution in [1.82, 2.24) is 10.2 Å². The third-order valence-corrected chi connectivity index (χ3v) is 2.90. The summed E-state index contributed by atoms with van der Waals surface area (Å²) in [5, 5.41) is 2.86. The van der Waals surface area contributed by atoms with Crippen LogP contribution in [0.2, 0.25) is 0 Å². The normalized spacial score (nSPS) is 10.2. The van der Waals surface area contributed by atoms with Crippen LogP contribution in [0.15, 0.2) is 0 Å². The summed E-state index contributed by atoms with van der Waals surface area (Å²) in [5.41, 5.74) is 0. The predicted molar refractivity (Wildman–Crippen MR) is 74.3 cm³/mol. The lowest BCUT2D eigenvalue weighted by Crippen LogP contribution is -2.26. The second-order valence-corrected chi connectivity index (χ2v) is 4.91. The largest absolute Gasteiger partial charge is 0.356 e. The van der Waals surface area contributed by atoms with Crippen LogP contribution in [0.1, 0.15) is 58.3 Å². The number of unbranched alkanes of at least 4 members (excludes halogenated alkanes) is 4. The van der Waals surface area contributed by atoms with Crippen molar-refractivity contribution in [3.63, 3.8) is 0 Å². The third-order valence-electron chi connectivity index (χ3n) is 2.90. The fraction of sp³-hybridized carbons (Fsp3) is 0.857. The molecular weight excluding hydrogens is 228 g/mol. The number of amides is 2. The molecule has 4 nitrogen and oxygen atoms in total. The first kappa shape index (κ1) is 16.9. The Labute approximate surface area is 111 Å². The molecule has 0 unspecified atom stereocenters. The number of nitrogens with zero attached hydrogens (tertiary/aromatic N) is 1. The molecule has 0 aromatic heterocycles. The highest BCUT2D eigenvalue weighted by Crippen LogP contribution is 2.04. The minimum absolute atomic E-state index is 0.115. The lowest BCUT2D eigenvalue weighted by atomic mass is 10.1. The van der Waals surface area contributed by atoms with Crippen molar-refractivity contribution < 1.29 is 9.59 Å². The number of hydrogen-bond donors (Lipinski definition) is 1. The van der Waals surface area contributed by atoms with Crippen molar-refractivity contribution in [2.24, 2.45) is 0 Å². The zero-order valence-corrected chi connectivity index (χ0v) is 12.1. The zero-order chi connectivity index (χ0) is 13.8. The summed E-state index contributed by atoms with van der Waals surface area (Å²) in [6, 6.07) is 0. The van der Waals surface area contributed by atoms with Gasteiger partial charge in [-0.3, -0.25) is 9.59 Å². The van der Waals surface area contributed by atoms with Gasteiger partial charge in [0, 0.05) is 33.5 Å². The van der Waals surface area contributed by atoms with Gasteiger partial charge in [0.2, 0.25) is 11.8 Å². The highest BCUT2D eigenvalue weighted by atomic mass is 16.2. The van der Waals surface area contributed by atoms with Gasteiger partial charge in [0.15, 0.2) is 0 Å². The van der Waals surface area contributed by atoms with Gasteiger partial charge in [0.25, 0.3) is 0 Å². The number of carbonyl (C=O) groups is 2. The average Bonchev–Trinajstić information content (AvgIpc) is 2.34. The highest BCUT2D eigenvalue weighted by Gasteiger charge is 2.04. The van der Waals surface area contributed by atoms with Crippen LogP contribution in [0, 0.1) is 0 Å². The van der Waals surface area contributed by atoms with E-state index in [9.17, 15) is 9.59 Å². The van der Waals surface area contributed by atoms with Gasteiger partial charge >= 0.3 is 0 Å². The van der Waals surface area contributed by atoms with Crippen LogP contribution in [-0.2, 0) is 9.59 Å². The summed E-state index contributed by atoms with van der Waals surface area (Å²) >= 11 is 0. The molecule has 0 saturated heterocycles. The summed E-state index contributed by atoms with van der Waals surface area (Å²) in [6.07, 6.45) is 7.66. The van der Waals surface area contributed by atoms with E-state index in [0.29, 0.717) is 19.4 Å². The maximum atomic E-state index is 11.4. The smallest absolute Gasteiger partial charge is 0.222 e. The molecule has 0 aromatic rings. The monoisotopic (exact) mass is 256 g/mol. The molecule has 0 spiro atoms. The van der Waals surface area contributed by atoms with E-state index in [2.05, 4.69) is 12.2 Å². The number of hydrogen-bond acceptors (Lipinski definition) is 2. The summed E-state index contributed by atoms with van der Waals surface area (Å²) < 4.78 is 0. The summed E-state index contributed by atoms with van der Waals surface area (Å²) in [5.74, 6) is 0.229. The van der Waals surface area contributed by atoms with E-state index < -0.39 is 0 Å². The summed E-state index contributed by atoms with van der Waals surface area (Å²) in [4.78, 5) is 24.3. The van der Waals surface area contributed by atoms with Gasteiger partial charge < -0.3 is 10.2 Å². The predicted octanol–water partition coefficient (Wildman–Crippen LogP) is 2.33. The van der Waals surface area contributed by atoms with E-state index in [1.165, 1.54) is 19.3 Å². The van der Waals surface area contributed by atoms with E-state index in [1.54, 1.807) is 19.0 Å². The van der Waals surface area contributed by atoms with Gasteiger partial charge in [-0.05, 0) is 12.8 Å². The van der Waals surface area contributed by atoms with Gasteiger partial charge in [0.05, 0.1) is 0 Å². The fourth-order valence-electron chi connectivity index (χ4n) is 1.67. The lowest BCUT2D eigenvalue weighted by molar-refractivity contribution is -0.129. The first-order valence-corrected chi connectivity index (χ1v) is 7.04. The van der Waals surface area contributed by atoms with Crippen molar-refractivity contribution >= 4 is 11.8 Å². The topological polar surface area (TPSA) is 49.4 Å². The third kappa shape index (κ3) is 10.1. The SMILES string of the molecule is CCCCCCCC(=O)NCCCC(=O)N(C)C. The molecule has 0 aliphatic rings. The second kappa shape index (κ2) is 11.1. The van der Waals surface area contributed by atoms with Crippen LogP contribution in [0.5, 0.6) is 0 Å². The van der Waals surface area contributed by atoms with Crippen LogP contribution in [0.4, 0.5) is 0 Å². The number of rotatable bonds is 10. The molecule has 0 saturated carbocycles. The minimum Gasteiger partial charge on any atom is -0.356 e. The molecule has 4 heteroatoms. The van der Waals surface area contributed by atoms with Gasteiger partial charge in [-0.15, -0.1) is 0 Å². The van der Waals surface area contributed by atoms with Crippen molar-refractivity contribution in [2.45, 2.75) is 58.3 Å². The lowest BCUT2D eigenvalue weighted by Gasteiger charge is -2.10. The maximum Gasteiger partial charge on any atom is 0.222 e. The molecule has 106 valence electrons. The van der Waals surface area contributed by atoms with Crippen molar-refractivity contribution in [2.75, 3.05) is 20.6 Å². The first-order chi connectivity index (χ1) is 8.57. The van der Waals surface area contributed by atoms with Gasteiger partial charge in [-0.25, -0.2) is 0 Å². The van der Waals surface area contributed by atoms with E-state index in [-0.39, 0.29) is 11.8 Å². The molecule has 0 aliphatic carbocycles. The molecule has 0 atom stereocenters. The Morgan fingerprint density at radius 3 is 2.22 bits per heavy atom. The Bertz CT molecular complexity index is 240. The van der Waals surface area contributed by atoms with Crippen LogP contribution in [-0.4, -0.2) is 37.4 Å². The molecule has 1 N–H and O–H groups in total. The standard InChI is InChI=1S/C14H28N2O2/c1-4-5-6-7-8-10-13(17)15-12-9-11-14(18)16(2)3/h4-12H2,1-3H3,(H,15,17). The molecule has 0 heterocycles. The van der Waals surface area contributed by atoms with E-state index in [1.807, 2.05) is 0 Å². The molecule has 18 heavy (non-hydrogen) atoms. The second-order valence-electron chi connectivity index (χ2n) is 4.91. The van der Waals surface area contributed by atoms with Gasteiger partial charge in [-0.1, -0.05) is 32.6 Å². The number of carbonyl (C=O) groups excluding carboxylic acids is 2.